The molecule has 1 aromatic carbocycles. The topological polar surface area (TPSA) is 84.0 Å². The maximum atomic E-state index is 13.1. The number of anilines is 1. The van der Waals surface area contributed by atoms with Gasteiger partial charge in [-0.1, -0.05) is 23.5 Å². The van der Waals surface area contributed by atoms with Crippen molar-refractivity contribution in [3.05, 3.63) is 52.2 Å². The van der Waals surface area contributed by atoms with Gasteiger partial charge in [-0.05, 0) is 85.4 Å². The Morgan fingerprint density at radius 2 is 1.67 bits per heavy atom. The standard InChI is InChI=1S/C25H26N4O2S2/c30-21(27-24-29-28-22(33-24)20-5-6-32-14-20)19-3-1-15(2-4-19)13-26-23(31)25-10-16-7-17(11-25)9-18(8-16)12-25/h1-6,14,16-18H,7-13H2,(H,26,31)(H,27,29,30). The highest BCUT2D eigenvalue weighted by molar-refractivity contribution is 7.19. The lowest BCUT2D eigenvalue weighted by atomic mass is 9.49. The van der Waals surface area contributed by atoms with Gasteiger partial charge in [0.2, 0.25) is 11.0 Å². The minimum atomic E-state index is -0.216. The molecule has 3 aromatic rings. The molecule has 4 fully saturated rings. The first-order valence-corrected chi connectivity index (χ1v) is 13.4. The fraction of sp³-hybridized carbons (Fsp3) is 0.440. The molecule has 0 saturated heterocycles. The Bertz CT molecular complexity index is 1130. The number of amides is 2. The fourth-order valence-electron chi connectivity index (χ4n) is 6.48. The molecule has 4 saturated carbocycles. The van der Waals surface area contributed by atoms with Crippen LogP contribution in [0.3, 0.4) is 0 Å². The molecule has 0 spiro atoms. The van der Waals surface area contributed by atoms with Crippen molar-refractivity contribution in [2.45, 2.75) is 45.1 Å². The molecule has 7 rings (SSSR count). The normalized spacial score (nSPS) is 27.5. The Labute approximate surface area is 200 Å². The third-order valence-electron chi connectivity index (χ3n) is 7.60. The van der Waals surface area contributed by atoms with E-state index in [0.29, 0.717) is 17.2 Å². The SMILES string of the molecule is O=C(Nc1nnc(-c2ccsc2)s1)c1ccc(CNC(=O)C23CC4CC(CC(C4)C2)C3)cc1. The molecule has 2 heterocycles. The molecule has 2 aromatic heterocycles. The first-order chi connectivity index (χ1) is 16.1. The minimum Gasteiger partial charge on any atom is -0.352 e. The third kappa shape index (κ3) is 4.10. The molecule has 4 bridgehead atoms. The van der Waals surface area contributed by atoms with Crippen molar-refractivity contribution in [1.29, 1.82) is 0 Å². The van der Waals surface area contributed by atoms with Crippen LogP contribution in [0.5, 0.6) is 0 Å². The maximum absolute atomic E-state index is 13.1. The molecule has 170 valence electrons. The van der Waals surface area contributed by atoms with Gasteiger partial charge in [-0.25, -0.2) is 0 Å². The molecule has 4 aliphatic carbocycles. The molecule has 33 heavy (non-hydrogen) atoms. The number of carbonyl (C=O) groups excluding carboxylic acids is 2. The predicted molar refractivity (Wildman–Crippen MR) is 130 cm³/mol. The highest BCUT2D eigenvalue weighted by Crippen LogP contribution is 2.60. The Kier molecular flexibility index (Phi) is 5.30. The number of hydrogen-bond acceptors (Lipinski definition) is 6. The molecule has 4 aliphatic rings. The summed E-state index contributed by atoms with van der Waals surface area (Å²) in [6.07, 6.45) is 7.23. The lowest BCUT2D eigenvalue weighted by Gasteiger charge is -2.55. The number of carbonyl (C=O) groups is 2. The van der Waals surface area contributed by atoms with E-state index in [1.165, 1.54) is 30.6 Å². The van der Waals surface area contributed by atoms with E-state index in [4.69, 9.17) is 0 Å². The van der Waals surface area contributed by atoms with E-state index in [1.807, 2.05) is 29.0 Å². The van der Waals surface area contributed by atoms with E-state index >= 15 is 0 Å². The Morgan fingerprint density at radius 1 is 0.970 bits per heavy atom. The van der Waals surface area contributed by atoms with E-state index in [1.54, 1.807) is 23.5 Å². The van der Waals surface area contributed by atoms with Crippen molar-refractivity contribution in [2.75, 3.05) is 5.32 Å². The smallest absolute Gasteiger partial charge is 0.257 e. The van der Waals surface area contributed by atoms with Gasteiger partial charge >= 0.3 is 0 Å². The number of benzene rings is 1. The highest BCUT2D eigenvalue weighted by atomic mass is 32.1. The van der Waals surface area contributed by atoms with E-state index < -0.39 is 0 Å². The zero-order valence-electron chi connectivity index (χ0n) is 18.3. The first kappa shape index (κ1) is 21.0. The Balaban J connectivity index is 1.05. The van der Waals surface area contributed by atoms with Crippen LogP contribution in [0.2, 0.25) is 0 Å². The predicted octanol–water partition coefficient (Wildman–Crippen LogP) is 5.35. The van der Waals surface area contributed by atoms with Gasteiger partial charge in [-0.2, -0.15) is 11.3 Å². The van der Waals surface area contributed by atoms with Crippen LogP contribution >= 0.6 is 22.7 Å². The highest BCUT2D eigenvalue weighted by Gasteiger charge is 2.54. The zero-order chi connectivity index (χ0) is 22.4. The number of nitrogens with one attached hydrogen (secondary N) is 2. The number of nitrogens with zero attached hydrogens (tertiary/aromatic N) is 2. The van der Waals surface area contributed by atoms with E-state index in [0.717, 1.165) is 53.2 Å². The molecular weight excluding hydrogens is 452 g/mol. The largest absolute Gasteiger partial charge is 0.352 e. The summed E-state index contributed by atoms with van der Waals surface area (Å²) < 4.78 is 0. The third-order valence-corrected chi connectivity index (χ3v) is 9.17. The summed E-state index contributed by atoms with van der Waals surface area (Å²) in [4.78, 5) is 25.8. The van der Waals surface area contributed by atoms with Gasteiger partial charge < -0.3 is 5.32 Å². The fourth-order valence-corrected chi connectivity index (χ4v) is 7.93. The van der Waals surface area contributed by atoms with E-state index in [9.17, 15) is 9.59 Å². The quantitative estimate of drug-likeness (QED) is 0.500. The molecule has 0 unspecified atom stereocenters. The van der Waals surface area contributed by atoms with Crippen LogP contribution in [0, 0.1) is 23.2 Å². The maximum Gasteiger partial charge on any atom is 0.257 e. The Morgan fingerprint density at radius 3 is 2.30 bits per heavy atom. The molecule has 0 radical (unpaired) electrons. The summed E-state index contributed by atoms with van der Waals surface area (Å²) in [5.41, 5.74) is 2.44. The number of thiophene rings is 1. The minimum absolute atomic E-state index is 0.127. The summed E-state index contributed by atoms with van der Waals surface area (Å²) in [5.74, 6) is 2.30. The number of hydrogen-bond donors (Lipinski definition) is 2. The van der Waals surface area contributed by atoms with Gasteiger partial charge in [0.15, 0.2) is 0 Å². The monoisotopic (exact) mass is 478 g/mol. The second kappa shape index (κ2) is 8.33. The lowest BCUT2D eigenvalue weighted by Crippen LogP contribution is -2.53. The van der Waals surface area contributed by atoms with Crippen molar-refractivity contribution < 1.29 is 9.59 Å². The molecule has 6 nitrogen and oxygen atoms in total. The van der Waals surface area contributed by atoms with Crippen molar-refractivity contribution in [3.8, 4) is 10.6 Å². The Hall–Kier alpha value is -2.58. The van der Waals surface area contributed by atoms with Gasteiger partial charge in [-0.15, -0.1) is 10.2 Å². The van der Waals surface area contributed by atoms with Gasteiger partial charge in [0.05, 0.1) is 0 Å². The van der Waals surface area contributed by atoms with Crippen LogP contribution in [-0.4, -0.2) is 22.0 Å². The van der Waals surface area contributed by atoms with Crippen molar-refractivity contribution in [3.63, 3.8) is 0 Å². The van der Waals surface area contributed by atoms with Crippen molar-refractivity contribution in [2.24, 2.45) is 23.2 Å². The lowest BCUT2D eigenvalue weighted by molar-refractivity contribution is -0.146. The molecule has 0 atom stereocenters. The van der Waals surface area contributed by atoms with Crippen molar-refractivity contribution >= 4 is 39.6 Å². The second-order valence-electron chi connectivity index (χ2n) is 9.96. The van der Waals surface area contributed by atoms with E-state index in [2.05, 4.69) is 20.8 Å². The van der Waals surface area contributed by atoms with Crippen LogP contribution in [0.15, 0.2) is 41.1 Å². The summed E-state index contributed by atoms with van der Waals surface area (Å²) in [5, 5.41) is 19.5. The zero-order valence-corrected chi connectivity index (χ0v) is 19.9. The molecular formula is C25H26N4O2S2. The summed E-state index contributed by atoms with van der Waals surface area (Å²) >= 11 is 2.96. The van der Waals surface area contributed by atoms with Crippen LogP contribution in [-0.2, 0) is 11.3 Å². The van der Waals surface area contributed by atoms with Crippen LogP contribution in [0.1, 0.15) is 54.4 Å². The molecule has 2 amide bonds. The first-order valence-electron chi connectivity index (χ1n) is 11.6. The number of rotatable bonds is 6. The number of aromatic nitrogens is 2. The molecule has 8 heteroatoms. The van der Waals surface area contributed by atoms with Gasteiger partial charge in [0, 0.05) is 28.5 Å². The van der Waals surface area contributed by atoms with Crippen LogP contribution in [0.25, 0.3) is 10.6 Å². The summed E-state index contributed by atoms with van der Waals surface area (Å²) in [6, 6.07) is 9.39. The molecule has 2 N–H and O–H groups in total. The van der Waals surface area contributed by atoms with Crippen LogP contribution < -0.4 is 10.6 Å². The molecule has 0 aliphatic heterocycles. The summed E-state index contributed by atoms with van der Waals surface area (Å²) in [7, 11) is 0. The van der Waals surface area contributed by atoms with Gasteiger partial charge in [0.1, 0.15) is 5.01 Å². The average Bonchev–Trinajstić information content (AvgIpc) is 3.49. The average molecular weight is 479 g/mol. The van der Waals surface area contributed by atoms with Gasteiger partial charge in [0.25, 0.3) is 5.91 Å². The second-order valence-corrected chi connectivity index (χ2v) is 11.7. The van der Waals surface area contributed by atoms with Gasteiger partial charge in [-0.3, -0.25) is 14.9 Å². The van der Waals surface area contributed by atoms with E-state index in [-0.39, 0.29) is 17.2 Å². The summed E-state index contributed by atoms with van der Waals surface area (Å²) in [6.45, 7) is 0.503. The van der Waals surface area contributed by atoms with Crippen LogP contribution in [0.4, 0.5) is 5.13 Å². The van der Waals surface area contributed by atoms with Crippen molar-refractivity contribution in [1.82, 2.24) is 15.5 Å².